The quantitative estimate of drug-likeness (QED) is 0.786. The third-order valence-corrected chi connectivity index (χ3v) is 3.52. The summed E-state index contributed by atoms with van der Waals surface area (Å²) in [6, 6.07) is 17.1. The summed E-state index contributed by atoms with van der Waals surface area (Å²) in [5.74, 6) is 0.0974. The van der Waals surface area contributed by atoms with Crippen LogP contribution in [0.5, 0.6) is 0 Å². The second-order valence-electron chi connectivity index (χ2n) is 6.24. The van der Waals surface area contributed by atoms with Gasteiger partial charge >= 0.3 is 0 Å². The first-order valence-corrected chi connectivity index (χ1v) is 7.03. The van der Waals surface area contributed by atoms with Gasteiger partial charge in [0.2, 0.25) is 0 Å². The average molecular weight is 277 g/mol. The highest BCUT2D eigenvalue weighted by atomic mass is 16.1. The van der Waals surface area contributed by atoms with Crippen molar-refractivity contribution in [2.45, 2.75) is 32.6 Å². The summed E-state index contributed by atoms with van der Waals surface area (Å²) < 4.78 is 0. The van der Waals surface area contributed by atoms with Gasteiger partial charge in [-0.15, -0.1) is 0 Å². The Hall–Kier alpha value is -2.40. The van der Waals surface area contributed by atoms with Gasteiger partial charge in [0, 0.05) is 12.0 Å². The minimum absolute atomic E-state index is 0.0920. The van der Waals surface area contributed by atoms with Crippen LogP contribution in [0, 0.1) is 11.3 Å². The molecule has 0 unspecified atom stereocenters. The fourth-order valence-corrected chi connectivity index (χ4v) is 2.14. The van der Waals surface area contributed by atoms with E-state index in [1.165, 1.54) is 5.56 Å². The second-order valence-corrected chi connectivity index (χ2v) is 6.24. The maximum absolute atomic E-state index is 12.3. The van der Waals surface area contributed by atoms with Crippen molar-refractivity contribution >= 4 is 5.78 Å². The Morgan fingerprint density at radius 2 is 1.57 bits per heavy atom. The Labute approximate surface area is 126 Å². The minimum atomic E-state index is 0.0920. The van der Waals surface area contributed by atoms with E-state index in [0.29, 0.717) is 12.0 Å². The normalized spacial score (nSPS) is 11.0. The topological polar surface area (TPSA) is 40.9 Å². The molecule has 0 spiro atoms. The third-order valence-electron chi connectivity index (χ3n) is 3.52. The van der Waals surface area contributed by atoms with Gasteiger partial charge in [-0.25, -0.2) is 0 Å². The van der Waals surface area contributed by atoms with Crippen LogP contribution in [0.1, 0.15) is 47.8 Å². The maximum atomic E-state index is 12.3. The first kappa shape index (κ1) is 15.0. The standard InChI is InChI=1S/C19H19NO/c1-19(2,3)17-10-8-16(9-11-17)18(21)12-14-4-6-15(13-20)7-5-14/h4-11H,12H2,1-3H3. The van der Waals surface area contributed by atoms with E-state index in [0.717, 1.165) is 11.1 Å². The van der Waals surface area contributed by atoms with Gasteiger partial charge in [-0.1, -0.05) is 57.2 Å². The summed E-state index contributed by atoms with van der Waals surface area (Å²) in [5.41, 5.74) is 3.58. The smallest absolute Gasteiger partial charge is 0.167 e. The molecular weight excluding hydrogens is 258 g/mol. The molecule has 2 aromatic carbocycles. The highest BCUT2D eigenvalue weighted by molar-refractivity contribution is 5.97. The number of hydrogen-bond donors (Lipinski definition) is 0. The van der Waals surface area contributed by atoms with Crippen LogP contribution in [0.25, 0.3) is 0 Å². The van der Waals surface area contributed by atoms with Crippen molar-refractivity contribution in [3.8, 4) is 6.07 Å². The SMILES string of the molecule is CC(C)(C)c1ccc(C(=O)Cc2ccc(C#N)cc2)cc1. The van der Waals surface area contributed by atoms with E-state index >= 15 is 0 Å². The number of hydrogen-bond acceptors (Lipinski definition) is 2. The minimum Gasteiger partial charge on any atom is -0.294 e. The van der Waals surface area contributed by atoms with Gasteiger partial charge in [0.05, 0.1) is 11.6 Å². The molecule has 0 saturated heterocycles. The van der Waals surface area contributed by atoms with E-state index in [1.807, 2.05) is 36.4 Å². The lowest BCUT2D eigenvalue weighted by Gasteiger charge is -2.19. The maximum Gasteiger partial charge on any atom is 0.167 e. The number of carbonyl (C=O) groups is 1. The van der Waals surface area contributed by atoms with Crippen LogP contribution in [0.2, 0.25) is 0 Å². The highest BCUT2D eigenvalue weighted by Crippen LogP contribution is 2.22. The van der Waals surface area contributed by atoms with Crippen LogP contribution in [0.15, 0.2) is 48.5 Å². The van der Waals surface area contributed by atoms with Crippen molar-refractivity contribution in [2.24, 2.45) is 0 Å². The zero-order chi connectivity index (χ0) is 15.5. The molecule has 0 bridgehead atoms. The predicted octanol–water partition coefficient (Wildman–Crippen LogP) is 4.28. The monoisotopic (exact) mass is 277 g/mol. The van der Waals surface area contributed by atoms with E-state index in [1.54, 1.807) is 12.1 Å². The average Bonchev–Trinajstić information content (AvgIpc) is 2.47. The summed E-state index contributed by atoms with van der Waals surface area (Å²) in [4.78, 5) is 12.3. The van der Waals surface area contributed by atoms with Crippen LogP contribution in [0.3, 0.4) is 0 Å². The third kappa shape index (κ3) is 3.79. The van der Waals surface area contributed by atoms with Gasteiger partial charge in [-0.3, -0.25) is 4.79 Å². The number of benzene rings is 2. The number of carbonyl (C=O) groups excluding carboxylic acids is 1. The van der Waals surface area contributed by atoms with Crippen LogP contribution < -0.4 is 0 Å². The zero-order valence-electron chi connectivity index (χ0n) is 12.7. The lowest BCUT2D eigenvalue weighted by Crippen LogP contribution is -2.11. The Morgan fingerprint density at radius 3 is 2.05 bits per heavy atom. The summed E-state index contributed by atoms with van der Waals surface area (Å²) in [7, 11) is 0. The van der Waals surface area contributed by atoms with Crippen molar-refractivity contribution in [3.05, 3.63) is 70.8 Å². The summed E-state index contributed by atoms with van der Waals surface area (Å²) >= 11 is 0. The van der Waals surface area contributed by atoms with Crippen LogP contribution in [-0.4, -0.2) is 5.78 Å². The van der Waals surface area contributed by atoms with Crippen molar-refractivity contribution in [1.82, 2.24) is 0 Å². The number of Topliss-reactive ketones (excluding diaryl/α,β-unsaturated/α-hetero) is 1. The second kappa shape index (κ2) is 5.93. The van der Waals surface area contributed by atoms with Crippen molar-refractivity contribution in [1.29, 1.82) is 5.26 Å². The molecule has 2 heteroatoms. The molecule has 0 aliphatic rings. The summed E-state index contributed by atoms with van der Waals surface area (Å²) in [5, 5.41) is 8.76. The molecule has 0 saturated carbocycles. The highest BCUT2D eigenvalue weighted by Gasteiger charge is 2.14. The fraction of sp³-hybridized carbons (Fsp3) is 0.263. The largest absolute Gasteiger partial charge is 0.294 e. The van der Waals surface area contributed by atoms with E-state index in [2.05, 4.69) is 26.8 Å². The Bertz CT molecular complexity index is 667. The van der Waals surface area contributed by atoms with Gasteiger partial charge in [-0.05, 0) is 28.7 Å². The zero-order valence-corrected chi connectivity index (χ0v) is 12.7. The number of nitriles is 1. The predicted molar refractivity (Wildman–Crippen MR) is 84.3 cm³/mol. The van der Waals surface area contributed by atoms with Crippen LogP contribution in [-0.2, 0) is 11.8 Å². The number of rotatable bonds is 3. The van der Waals surface area contributed by atoms with Gasteiger partial charge in [0.15, 0.2) is 5.78 Å². The van der Waals surface area contributed by atoms with E-state index < -0.39 is 0 Å². The number of nitrogens with zero attached hydrogens (tertiary/aromatic N) is 1. The molecule has 21 heavy (non-hydrogen) atoms. The molecule has 0 aliphatic heterocycles. The lowest BCUT2D eigenvalue weighted by molar-refractivity contribution is 0.0993. The molecule has 0 radical (unpaired) electrons. The molecule has 0 N–H and O–H groups in total. The van der Waals surface area contributed by atoms with Crippen LogP contribution in [0.4, 0.5) is 0 Å². The molecule has 0 atom stereocenters. The Morgan fingerprint density at radius 1 is 1.00 bits per heavy atom. The van der Waals surface area contributed by atoms with E-state index in [9.17, 15) is 4.79 Å². The first-order chi connectivity index (χ1) is 9.90. The molecule has 0 aliphatic carbocycles. The van der Waals surface area contributed by atoms with Gasteiger partial charge in [0.1, 0.15) is 0 Å². The Balaban J connectivity index is 2.11. The first-order valence-electron chi connectivity index (χ1n) is 7.03. The van der Waals surface area contributed by atoms with Crippen molar-refractivity contribution in [2.75, 3.05) is 0 Å². The van der Waals surface area contributed by atoms with Gasteiger partial charge in [-0.2, -0.15) is 5.26 Å². The molecular formula is C19H19NO. The van der Waals surface area contributed by atoms with Gasteiger partial charge < -0.3 is 0 Å². The van der Waals surface area contributed by atoms with Crippen molar-refractivity contribution < 1.29 is 4.79 Å². The van der Waals surface area contributed by atoms with Crippen LogP contribution >= 0.6 is 0 Å². The number of ketones is 1. The molecule has 2 rings (SSSR count). The summed E-state index contributed by atoms with van der Waals surface area (Å²) in [6.07, 6.45) is 0.362. The Kier molecular flexibility index (Phi) is 4.23. The fourth-order valence-electron chi connectivity index (χ4n) is 2.14. The molecule has 2 nitrogen and oxygen atoms in total. The summed E-state index contributed by atoms with van der Waals surface area (Å²) in [6.45, 7) is 6.46. The van der Waals surface area contributed by atoms with Gasteiger partial charge in [0.25, 0.3) is 0 Å². The molecule has 2 aromatic rings. The molecule has 0 fully saturated rings. The van der Waals surface area contributed by atoms with E-state index in [4.69, 9.17) is 5.26 Å². The molecule has 0 heterocycles. The molecule has 0 aromatic heterocycles. The van der Waals surface area contributed by atoms with Crippen molar-refractivity contribution in [3.63, 3.8) is 0 Å². The van der Waals surface area contributed by atoms with E-state index in [-0.39, 0.29) is 11.2 Å². The molecule has 106 valence electrons. The lowest BCUT2D eigenvalue weighted by atomic mass is 9.86. The molecule has 0 amide bonds.